The van der Waals surface area contributed by atoms with Crippen LogP contribution >= 0.6 is 12.2 Å². The largest absolute Gasteiger partial charge is 0.349 e. The third-order valence-electron chi connectivity index (χ3n) is 5.47. The summed E-state index contributed by atoms with van der Waals surface area (Å²) in [5.41, 5.74) is 1.91. The number of hydrogen-bond donors (Lipinski definition) is 2. The minimum Gasteiger partial charge on any atom is -0.349 e. The van der Waals surface area contributed by atoms with E-state index in [-0.39, 0.29) is 11.6 Å². The van der Waals surface area contributed by atoms with E-state index in [0.717, 1.165) is 42.3 Å². The van der Waals surface area contributed by atoms with Gasteiger partial charge in [0.25, 0.3) is 0 Å². The maximum absolute atomic E-state index is 12.5. The first-order valence-electron chi connectivity index (χ1n) is 9.37. The Bertz CT molecular complexity index is 803. The van der Waals surface area contributed by atoms with Gasteiger partial charge in [-0.15, -0.1) is 0 Å². The Morgan fingerprint density at radius 1 is 1.04 bits per heavy atom. The van der Waals surface area contributed by atoms with Crippen molar-refractivity contribution >= 4 is 28.9 Å². The van der Waals surface area contributed by atoms with Crippen molar-refractivity contribution < 1.29 is 4.79 Å². The summed E-state index contributed by atoms with van der Waals surface area (Å²) in [4.78, 5) is 16.7. The van der Waals surface area contributed by atoms with E-state index in [9.17, 15) is 4.79 Å². The molecule has 6 heteroatoms. The molecule has 0 aromatic heterocycles. The van der Waals surface area contributed by atoms with Crippen molar-refractivity contribution in [1.82, 2.24) is 15.1 Å². The third-order valence-corrected chi connectivity index (χ3v) is 5.83. The minimum absolute atomic E-state index is 0.178. The zero-order valence-corrected chi connectivity index (χ0v) is 16.0. The van der Waals surface area contributed by atoms with Crippen LogP contribution in [0.5, 0.6) is 0 Å². The van der Waals surface area contributed by atoms with Crippen molar-refractivity contribution in [2.45, 2.75) is 25.0 Å². The van der Waals surface area contributed by atoms with Crippen LogP contribution in [0, 0.1) is 0 Å². The lowest BCUT2D eigenvalue weighted by Gasteiger charge is -2.45. The topological polar surface area (TPSA) is 47.6 Å². The smallest absolute Gasteiger partial charge is 0.238 e. The minimum atomic E-state index is -0.258. The molecule has 0 aliphatic carbocycles. The number of likely N-dealkylation sites (tertiary alicyclic amines) is 1. The number of benzene rings is 2. The molecular formula is C21H24N4OS. The quantitative estimate of drug-likeness (QED) is 0.802. The van der Waals surface area contributed by atoms with E-state index in [1.165, 1.54) is 0 Å². The highest BCUT2D eigenvalue weighted by atomic mass is 32.1. The normalized spacial score (nSPS) is 18.7. The second-order valence-electron chi connectivity index (χ2n) is 7.13. The van der Waals surface area contributed by atoms with Crippen LogP contribution in [0.4, 0.5) is 5.69 Å². The number of anilines is 1. The van der Waals surface area contributed by atoms with Gasteiger partial charge in [-0.25, -0.2) is 0 Å². The van der Waals surface area contributed by atoms with Gasteiger partial charge < -0.3 is 15.1 Å². The van der Waals surface area contributed by atoms with Crippen LogP contribution in [0.15, 0.2) is 60.7 Å². The molecule has 2 saturated heterocycles. The van der Waals surface area contributed by atoms with Crippen molar-refractivity contribution in [1.29, 1.82) is 0 Å². The second-order valence-corrected chi connectivity index (χ2v) is 7.52. The van der Waals surface area contributed by atoms with Crippen LogP contribution < -0.4 is 10.6 Å². The van der Waals surface area contributed by atoms with Gasteiger partial charge >= 0.3 is 0 Å². The van der Waals surface area contributed by atoms with Gasteiger partial charge in [0.15, 0.2) is 5.11 Å². The number of hydrogen-bond acceptors (Lipinski definition) is 3. The average Bonchev–Trinajstić information content (AvgIpc) is 3.00. The fourth-order valence-electron chi connectivity index (χ4n) is 3.93. The molecule has 2 heterocycles. The second kappa shape index (κ2) is 7.66. The number of nitrogens with zero attached hydrogens (tertiary/aromatic N) is 2. The van der Waals surface area contributed by atoms with Crippen molar-refractivity contribution in [3.63, 3.8) is 0 Å². The first kappa shape index (κ1) is 17.9. The van der Waals surface area contributed by atoms with Gasteiger partial charge in [0.05, 0.1) is 12.2 Å². The van der Waals surface area contributed by atoms with Crippen LogP contribution in [0.25, 0.3) is 0 Å². The number of piperidine rings is 1. The molecule has 2 aliphatic heterocycles. The Kier molecular flexibility index (Phi) is 5.09. The molecule has 140 valence electrons. The highest BCUT2D eigenvalue weighted by Gasteiger charge is 2.46. The summed E-state index contributed by atoms with van der Waals surface area (Å²) >= 11 is 5.59. The van der Waals surface area contributed by atoms with Crippen LogP contribution in [-0.2, 0) is 11.3 Å². The third kappa shape index (κ3) is 3.82. The van der Waals surface area contributed by atoms with Gasteiger partial charge in [-0.3, -0.25) is 10.1 Å². The summed E-state index contributed by atoms with van der Waals surface area (Å²) in [5.74, 6) is 0.178. The molecule has 2 fully saturated rings. The van der Waals surface area contributed by atoms with Crippen molar-refractivity contribution in [2.75, 3.05) is 25.0 Å². The van der Waals surface area contributed by atoms with E-state index in [1.807, 2.05) is 53.4 Å². The first-order valence-corrected chi connectivity index (χ1v) is 9.78. The van der Waals surface area contributed by atoms with Crippen molar-refractivity contribution in [2.24, 2.45) is 0 Å². The lowest BCUT2D eigenvalue weighted by atomic mass is 9.95. The highest BCUT2D eigenvalue weighted by molar-refractivity contribution is 7.80. The molecular weight excluding hydrogens is 356 g/mol. The summed E-state index contributed by atoms with van der Waals surface area (Å²) in [6.45, 7) is 2.72. The van der Waals surface area contributed by atoms with E-state index < -0.39 is 0 Å². The molecule has 27 heavy (non-hydrogen) atoms. The summed E-state index contributed by atoms with van der Waals surface area (Å²) in [6, 6.07) is 20.2. The fourth-order valence-corrected chi connectivity index (χ4v) is 4.23. The number of carbonyl (C=O) groups is 1. The lowest BCUT2D eigenvalue weighted by Crippen LogP contribution is -2.59. The number of para-hydroxylation sites is 1. The molecule has 0 unspecified atom stereocenters. The molecule has 2 N–H and O–H groups in total. The van der Waals surface area contributed by atoms with Crippen LogP contribution in [0.1, 0.15) is 18.4 Å². The first-order chi connectivity index (χ1) is 13.2. The number of carbonyl (C=O) groups excluding carboxylic acids is 1. The van der Waals surface area contributed by atoms with Gasteiger partial charge in [0.2, 0.25) is 5.91 Å². The maximum Gasteiger partial charge on any atom is 0.238 e. The predicted molar refractivity (Wildman–Crippen MR) is 111 cm³/mol. The Hall–Kier alpha value is -2.44. The number of thiocarbonyl (C=S) groups is 1. The summed E-state index contributed by atoms with van der Waals surface area (Å²) in [7, 11) is 0. The lowest BCUT2D eigenvalue weighted by molar-refractivity contribution is -0.132. The number of nitrogens with one attached hydrogen (secondary N) is 2. The zero-order valence-electron chi connectivity index (χ0n) is 15.2. The Morgan fingerprint density at radius 3 is 2.33 bits per heavy atom. The predicted octanol–water partition coefficient (Wildman–Crippen LogP) is 2.81. The zero-order chi connectivity index (χ0) is 18.7. The van der Waals surface area contributed by atoms with E-state index >= 15 is 0 Å². The number of amides is 1. The van der Waals surface area contributed by atoms with Crippen LogP contribution in [-0.4, -0.2) is 46.1 Å². The molecule has 1 spiro atoms. The maximum atomic E-state index is 12.5. The van der Waals surface area contributed by atoms with Gasteiger partial charge in [-0.05, 0) is 29.9 Å². The van der Waals surface area contributed by atoms with Crippen LogP contribution in [0.3, 0.4) is 0 Å². The molecule has 2 aliphatic rings. The molecule has 1 amide bonds. The highest BCUT2D eigenvalue weighted by Crippen LogP contribution is 2.31. The molecule has 0 radical (unpaired) electrons. The van der Waals surface area contributed by atoms with E-state index in [0.29, 0.717) is 13.1 Å². The fraction of sp³-hybridized carbons (Fsp3) is 0.333. The Labute approximate surface area is 165 Å². The molecule has 0 atom stereocenters. The van der Waals surface area contributed by atoms with E-state index in [1.54, 1.807) is 0 Å². The van der Waals surface area contributed by atoms with Crippen LogP contribution in [0.2, 0.25) is 0 Å². The van der Waals surface area contributed by atoms with Crippen molar-refractivity contribution in [3.05, 3.63) is 66.2 Å². The Morgan fingerprint density at radius 2 is 1.67 bits per heavy atom. The molecule has 4 rings (SSSR count). The summed E-state index contributed by atoms with van der Waals surface area (Å²) in [6.07, 6.45) is 1.73. The molecule has 0 saturated carbocycles. The van der Waals surface area contributed by atoms with Gasteiger partial charge in [-0.2, -0.15) is 0 Å². The molecule has 0 bridgehead atoms. The monoisotopic (exact) mass is 380 g/mol. The summed E-state index contributed by atoms with van der Waals surface area (Å²) < 4.78 is 0. The standard InChI is InChI=1S/C21H24N4OS/c26-19-15-22-21(25(19)16-17-7-3-1-4-8-17)11-13-24(14-12-21)20(27)23-18-9-5-2-6-10-18/h1-10,22H,11-16H2,(H,23,27). The SMILES string of the molecule is O=C1CNC2(CCN(C(=S)Nc3ccccc3)CC2)N1Cc1ccccc1. The Balaban J connectivity index is 1.40. The summed E-state index contributed by atoms with van der Waals surface area (Å²) in [5, 5.41) is 7.54. The van der Waals surface area contributed by atoms with Gasteiger partial charge in [0, 0.05) is 38.2 Å². The molecule has 2 aromatic rings. The van der Waals surface area contributed by atoms with E-state index in [2.05, 4.69) is 27.7 Å². The van der Waals surface area contributed by atoms with Crippen molar-refractivity contribution in [3.8, 4) is 0 Å². The van der Waals surface area contributed by atoms with Gasteiger partial charge in [0.1, 0.15) is 0 Å². The molecule has 5 nitrogen and oxygen atoms in total. The van der Waals surface area contributed by atoms with Gasteiger partial charge in [-0.1, -0.05) is 48.5 Å². The molecule has 2 aromatic carbocycles. The number of rotatable bonds is 3. The van der Waals surface area contributed by atoms with E-state index in [4.69, 9.17) is 12.2 Å². The average molecular weight is 381 g/mol.